The normalized spacial score (nSPS) is 18.2. The molecule has 0 bridgehead atoms. The fourth-order valence-corrected chi connectivity index (χ4v) is 5.69. The molecule has 10 heteroatoms. The predicted octanol–water partition coefficient (Wildman–Crippen LogP) is 3.35. The van der Waals surface area contributed by atoms with Crippen LogP contribution in [0.25, 0.3) is 0 Å². The first-order chi connectivity index (χ1) is 15.8. The van der Waals surface area contributed by atoms with Crippen LogP contribution in [0, 0.1) is 11.6 Å². The second-order valence-electron chi connectivity index (χ2n) is 8.26. The molecule has 1 aromatic carbocycles. The van der Waals surface area contributed by atoms with Gasteiger partial charge in [0.2, 0.25) is 15.9 Å². The molecule has 0 unspecified atom stereocenters. The lowest BCUT2D eigenvalue weighted by atomic mass is 10.0. The standard InChI is InChI=1S/C23H27F2N3O4S/c24-18-8-9-21(25)22(15-18)33(30,31)27-12-10-26(11-13-27)17-23(29)28(16-20-7-4-14-32-20)19-5-2-1-3-6-19/h4-5,7-9,14-15H,1-3,6,10-13,16-17H2. The Labute approximate surface area is 192 Å². The van der Waals surface area contributed by atoms with Crippen LogP contribution in [0.15, 0.2) is 57.7 Å². The lowest BCUT2D eigenvalue weighted by Crippen LogP contribution is -2.51. The summed E-state index contributed by atoms with van der Waals surface area (Å²) in [5.41, 5.74) is 0.991. The largest absolute Gasteiger partial charge is 0.467 e. The first-order valence-corrected chi connectivity index (χ1v) is 12.5. The molecule has 2 heterocycles. The molecule has 0 saturated carbocycles. The van der Waals surface area contributed by atoms with Crippen LogP contribution in [-0.2, 0) is 21.4 Å². The van der Waals surface area contributed by atoms with E-state index in [9.17, 15) is 22.0 Å². The summed E-state index contributed by atoms with van der Waals surface area (Å²) < 4.78 is 59.7. The van der Waals surface area contributed by atoms with Crippen LogP contribution >= 0.6 is 0 Å². The smallest absolute Gasteiger partial charge is 0.246 e. The molecule has 1 aromatic heterocycles. The molecule has 0 radical (unpaired) electrons. The molecule has 0 atom stereocenters. The van der Waals surface area contributed by atoms with Crippen LogP contribution in [0.4, 0.5) is 8.78 Å². The van der Waals surface area contributed by atoms with Crippen molar-refractivity contribution in [2.75, 3.05) is 32.7 Å². The van der Waals surface area contributed by atoms with Gasteiger partial charge in [0.15, 0.2) is 0 Å². The lowest BCUT2D eigenvalue weighted by Gasteiger charge is -2.35. The van der Waals surface area contributed by atoms with E-state index in [2.05, 4.69) is 6.08 Å². The predicted molar refractivity (Wildman–Crippen MR) is 117 cm³/mol. The number of hydrogen-bond donors (Lipinski definition) is 0. The molecule has 7 nitrogen and oxygen atoms in total. The Morgan fingerprint density at radius 1 is 1.09 bits per heavy atom. The van der Waals surface area contributed by atoms with E-state index in [-0.39, 0.29) is 25.5 Å². The molecule has 0 N–H and O–H groups in total. The van der Waals surface area contributed by atoms with Gasteiger partial charge in [0.1, 0.15) is 22.3 Å². The highest BCUT2D eigenvalue weighted by atomic mass is 32.2. The average molecular weight is 480 g/mol. The number of amides is 1. The molecular formula is C23H27F2N3O4S. The molecule has 4 rings (SSSR count). The summed E-state index contributed by atoms with van der Waals surface area (Å²) in [6.45, 7) is 1.30. The van der Waals surface area contributed by atoms with E-state index in [1.807, 2.05) is 11.0 Å². The minimum absolute atomic E-state index is 0.0768. The zero-order valence-corrected chi connectivity index (χ0v) is 19.1. The van der Waals surface area contributed by atoms with Gasteiger partial charge in [-0.05, 0) is 56.0 Å². The number of carbonyl (C=O) groups is 1. The van der Waals surface area contributed by atoms with Crippen LogP contribution < -0.4 is 0 Å². The van der Waals surface area contributed by atoms with Gasteiger partial charge in [0.25, 0.3) is 0 Å². The number of allylic oxidation sites excluding steroid dienone is 2. The van der Waals surface area contributed by atoms with Crippen LogP contribution in [-0.4, -0.2) is 61.2 Å². The molecule has 1 amide bonds. The highest BCUT2D eigenvalue weighted by Gasteiger charge is 2.32. The Morgan fingerprint density at radius 2 is 1.88 bits per heavy atom. The third-order valence-electron chi connectivity index (χ3n) is 6.01. The molecule has 178 valence electrons. The van der Waals surface area contributed by atoms with E-state index in [1.165, 1.54) is 0 Å². The molecule has 2 aromatic rings. The summed E-state index contributed by atoms with van der Waals surface area (Å²) in [7, 11) is -4.16. The lowest BCUT2D eigenvalue weighted by molar-refractivity contribution is -0.131. The summed E-state index contributed by atoms with van der Waals surface area (Å²) in [6.07, 6.45) is 7.58. The molecule has 1 aliphatic carbocycles. The van der Waals surface area contributed by atoms with Crippen molar-refractivity contribution in [3.63, 3.8) is 0 Å². The fourth-order valence-electron chi connectivity index (χ4n) is 4.19. The van der Waals surface area contributed by atoms with E-state index in [1.54, 1.807) is 17.2 Å². The Hall–Kier alpha value is -2.56. The number of nitrogens with zero attached hydrogens (tertiary/aromatic N) is 3. The molecule has 0 spiro atoms. The highest BCUT2D eigenvalue weighted by Crippen LogP contribution is 2.25. The Balaban J connectivity index is 1.40. The fraction of sp³-hybridized carbons (Fsp3) is 0.435. The molecule has 2 aliphatic rings. The van der Waals surface area contributed by atoms with Gasteiger partial charge in [0, 0.05) is 31.9 Å². The second-order valence-corrected chi connectivity index (χ2v) is 10.2. The van der Waals surface area contributed by atoms with E-state index in [4.69, 9.17) is 4.42 Å². The number of hydrogen-bond acceptors (Lipinski definition) is 5. The molecule has 1 saturated heterocycles. The number of halogens is 2. The monoisotopic (exact) mass is 479 g/mol. The zero-order valence-electron chi connectivity index (χ0n) is 18.3. The second kappa shape index (κ2) is 10.1. The number of rotatable bonds is 7. The summed E-state index contributed by atoms with van der Waals surface area (Å²) in [5, 5.41) is 0. The number of piperazine rings is 1. The zero-order chi connectivity index (χ0) is 23.4. The molecule has 1 fully saturated rings. The van der Waals surface area contributed by atoms with Gasteiger partial charge >= 0.3 is 0 Å². The van der Waals surface area contributed by atoms with Crippen LogP contribution in [0.3, 0.4) is 0 Å². The van der Waals surface area contributed by atoms with E-state index in [0.717, 1.165) is 47.8 Å². The highest BCUT2D eigenvalue weighted by molar-refractivity contribution is 7.89. The van der Waals surface area contributed by atoms with Crippen molar-refractivity contribution in [3.8, 4) is 0 Å². The third kappa shape index (κ3) is 5.51. The molecule has 33 heavy (non-hydrogen) atoms. The average Bonchev–Trinajstić information content (AvgIpc) is 3.33. The maximum atomic E-state index is 14.0. The number of sulfonamides is 1. The topological polar surface area (TPSA) is 74.1 Å². The van der Waals surface area contributed by atoms with E-state index in [0.29, 0.717) is 31.5 Å². The Kier molecular flexibility index (Phi) is 7.26. The van der Waals surface area contributed by atoms with Crippen molar-refractivity contribution in [3.05, 3.63) is 65.8 Å². The summed E-state index contributed by atoms with van der Waals surface area (Å²) >= 11 is 0. The van der Waals surface area contributed by atoms with Crippen molar-refractivity contribution in [1.29, 1.82) is 0 Å². The van der Waals surface area contributed by atoms with Crippen molar-refractivity contribution >= 4 is 15.9 Å². The van der Waals surface area contributed by atoms with Crippen molar-refractivity contribution in [2.45, 2.75) is 37.1 Å². The van der Waals surface area contributed by atoms with Crippen LogP contribution in [0.1, 0.15) is 31.4 Å². The summed E-state index contributed by atoms with van der Waals surface area (Å²) in [6, 6.07) is 6.01. The van der Waals surface area contributed by atoms with E-state index < -0.39 is 26.6 Å². The third-order valence-corrected chi connectivity index (χ3v) is 7.92. The van der Waals surface area contributed by atoms with Crippen molar-refractivity contribution in [2.24, 2.45) is 0 Å². The SMILES string of the molecule is O=C(CN1CCN(S(=O)(=O)c2cc(F)ccc2F)CC1)N(Cc1ccco1)C1=CCCCC1. The Bertz CT molecular complexity index is 1110. The number of benzene rings is 1. The summed E-state index contributed by atoms with van der Waals surface area (Å²) in [5.74, 6) is -1.17. The van der Waals surface area contributed by atoms with Gasteiger partial charge < -0.3 is 9.32 Å². The minimum Gasteiger partial charge on any atom is -0.467 e. The molecular weight excluding hydrogens is 452 g/mol. The van der Waals surface area contributed by atoms with Gasteiger partial charge in [-0.1, -0.05) is 6.08 Å². The minimum atomic E-state index is -4.16. The summed E-state index contributed by atoms with van der Waals surface area (Å²) in [4.78, 5) is 16.2. The first kappa shape index (κ1) is 23.6. The van der Waals surface area contributed by atoms with E-state index >= 15 is 0 Å². The molecule has 1 aliphatic heterocycles. The number of carbonyl (C=O) groups excluding carboxylic acids is 1. The van der Waals surface area contributed by atoms with Gasteiger partial charge in [0.05, 0.1) is 19.4 Å². The maximum Gasteiger partial charge on any atom is 0.246 e. The quantitative estimate of drug-likeness (QED) is 0.609. The van der Waals surface area contributed by atoms with Crippen molar-refractivity contribution < 1.29 is 26.4 Å². The van der Waals surface area contributed by atoms with Gasteiger partial charge in [-0.15, -0.1) is 0 Å². The first-order valence-electron chi connectivity index (χ1n) is 11.0. The van der Waals surface area contributed by atoms with Gasteiger partial charge in [-0.25, -0.2) is 17.2 Å². The van der Waals surface area contributed by atoms with Gasteiger partial charge in [-0.2, -0.15) is 4.31 Å². The van der Waals surface area contributed by atoms with Gasteiger partial charge in [-0.3, -0.25) is 9.69 Å². The van der Waals surface area contributed by atoms with Crippen LogP contribution in [0.2, 0.25) is 0 Å². The Morgan fingerprint density at radius 3 is 2.55 bits per heavy atom. The van der Waals surface area contributed by atoms with Crippen molar-refractivity contribution in [1.82, 2.24) is 14.1 Å². The van der Waals surface area contributed by atoms with Crippen LogP contribution in [0.5, 0.6) is 0 Å². The maximum absolute atomic E-state index is 14.0. The number of furan rings is 1.